The van der Waals surface area contributed by atoms with Crippen LogP contribution in [0, 0.1) is 6.92 Å². The van der Waals surface area contributed by atoms with Crippen LogP contribution in [0.3, 0.4) is 0 Å². The van der Waals surface area contributed by atoms with Gasteiger partial charge in [0.25, 0.3) is 0 Å². The number of esters is 1. The van der Waals surface area contributed by atoms with Crippen molar-refractivity contribution in [3.63, 3.8) is 0 Å². The topological polar surface area (TPSA) is 52.3 Å². The Kier molecular flexibility index (Phi) is 5.52. The largest absolute Gasteiger partial charge is 0.461 e. The van der Waals surface area contributed by atoms with E-state index in [-0.39, 0.29) is 19.0 Å². The van der Waals surface area contributed by atoms with Gasteiger partial charge in [0.1, 0.15) is 18.1 Å². The number of ether oxygens (including phenoxy) is 1. The molecule has 4 aromatic rings. The molecular weight excluding hydrogens is 362 g/mol. The Morgan fingerprint density at radius 1 is 0.828 bits per heavy atom. The van der Waals surface area contributed by atoms with Crippen LogP contribution in [0.15, 0.2) is 89.5 Å². The third-order valence-electron chi connectivity index (χ3n) is 4.74. The van der Waals surface area contributed by atoms with Crippen LogP contribution < -0.4 is 0 Å². The quantitative estimate of drug-likeness (QED) is 0.407. The molecule has 4 heteroatoms. The standard InChI is InChI=1S/C25H21NO3/c1-18-24(25(26-29-18)22-10-6-3-7-11-22)21-14-12-19(13-15-21)16-23(27)28-17-20-8-4-2-5-9-20/h2-15H,16-17H2,1H3. The van der Waals surface area contributed by atoms with Crippen molar-refractivity contribution in [2.75, 3.05) is 0 Å². The summed E-state index contributed by atoms with van der Waals surface area (Å²) in [6.45, 7) is 2.20. The van der Waals surface area contributed by atoms with E-state index in [1.807, 2.05) is 91.9 Å². The zero-order chi connectivity index (χ0) is 20.1. The summed E-state index contributed by atoms with van der Waals surface area (Å²) in [7, 11) is 0. The first-order valence-corrected chi connectivity index (χ1v) is 9.51. The second-order valence-electron chi connectivity index (χ2n) is 6.85. The summed E-state index contributed by atoms with van der Waals surface area (Å²) in [5.41, 5.74) is 5.68. The van der Waals surface area contributed by atoms with E-state index in [1.165, 1.54) is 0 Å². The minimum Gasteiger partial charge on any atom is -0.461 e. The first-order valence-electron chi connectivity index (χ1n) is 9.51. The lowest BCUT2D eigenvalue weighted by Gasteiger charge is -2.07. The molecule has 29 heavy (non-hydrogen) atoms. The van der Waals surface area contributed by atoms with Crippen molar-refractivity contribution in [3.05, 3.63) is 102 Å². The molecule has 1 heterocycles. The lowest BCUT2D eigenvalue weighted by atomic mass is 9.98. The van der Waals surface area contributed by atoms with Crippen molar-refractivity contribution in [3.8, 4) is 22.4 Å². The van der Waals surface area contributed by atoms with E-state index in [0.717, 1.165) is 39.3 Å². The maximum atomic E-state index is 12.1. The summed E-state index contributed by atoms with van der Waals surface area (Å²) < 4.78 is 10.8. The molecule has 0 bridgehead atoms. The van der Waals surface area contributed by atoms with Crippen LogP contribution in [-0.4, -0.2) is 11.1 Å². The molecule has 0 saturated carbocycles. The van der Waals surface area contributed by atoms with Gasteiger partial charge in [-0.15, -0.1) is 0 Å². The van der Waals surface area contributed by atoms with Crippen LogP contribution >= 0.6 is 0 Å². The molecule has 0 radical (unpaired) electrons. The number of hydrogen-bond acceptors (Lipinski definition) is 4. The minimum atomic E-state index is -0.243. The Morgan fingerprint density at radius 3 is 2.17 bits per heavy atom. The van der Waals surface area contributed by atoms with Gasteiger partial charge in [0.15, 0.2) is 0 Å². The highest BCUT2D eigenvalue weighted by molar-refractivity contribution is 5.82. The molecule has 4 rings (SSSR count). The van der Waals surface area contributed by atoms with Gasteiger partial charge in [0, 0.05) is 5.56 Å². The Bertz CT molecular complexity index is 1080. The summed E-state index contributed by atoms with van der Waals surface area (Å²) in [6, 6.07) is 27.5. The average Bonchev–Trinajstić information content (AvgIpc) is 3.16. The molecule has 4 nitrogen and oxygen atoms in total. The first kappa shape index (κ1) is 18.7. The van der Waals surface area contributed by atoms with E-state index in [0.29, 0.717) is 0 Å². The summed E-state index contributed by atoms with van der Waals surface area (Å²) in [6.07, 6.45) is 0.237. The summed E-state index contributed by atoms with van der Waals surface area (Å²) in [5.74, 6) is 0.520. The van der Waals surface area contributed by atoms with Crippen molar-refractivity contribution in [2.24, 2.45) is 0 Å². The molecule has 0 aliphatic heterocycles. The van der Waals surface area contributed by atoms with E-state index in [4.69, 9.17) is 9.26 Å². The minimum absolute atomic E-state index is 0.237. The predicted octanol–water partition coefficient (Wildman–Crippen LogP) is 5.60. The van der Waals surface area contributed by atoms with Crippen LogP contribution in [0.5, 0.6) is 0 Å². The molecule has 0 spiro atoms. The van der Waals surface area contributed by atoms with Crippen molar-refractivity contribution in [1.29, 1.82) is 0 Å². The maximum absolute atomic E-state index is 12.1. The third-order valence-corrected chi connectivity index (χ3v) is 4.74. The second kappa shape index (κ2) is 8.57. The second-order valence-corrected chi connectivity index (χ2v) is 6.85. The summed E-state index contributed by atoms with van der Waals surface area (Å²) >= 11 is 0. The fourth-order valence-electron chi connectivity index (χ4n) is 3.25. The predicted molar refractivity (Wildman–Crippen MR) is 112 cm³/mol. The van der Waals surface area contributed by atoms with Gasteiger partial charge < -0.3 is 9.26 Å². The van der Waals surface area contributed by atoms with Crippen LogP contribution in [0.4, 0.5) is 0 Å². The smallest absolute Gasteiger partial charge is 0.310 e. The number of rotatable bonds is 6. The Balaban J connectivity index is 1.46. The molecule has 0 aliphatic rings. The number of hydrogen-bond donors (Lipinski definition) is 0. The SMILES string of the molecule is Cc1onc(-c2ccccc2)c1-c1ccc(CC(=O)OCc2ccccc2)cc1. The molecule has 144 valence electrons. The molecule has 0 unspecified atom stereocenters. The van der Waals surface area contributed by atoms with E-state index in [9.17, 15) is 4.79 Å². The van der Waals surface area contributed by atoms with Gasteiger partial charge in [-0.05, 0) is 23.6 Å². The van der Waals surface area contributed by atoms with E-state index < -0.39 is 0 Å². The van der Waals surface area contributed by atoms with Crippen LogP contribution in [0.25, 0.3) is 22.4 Å². The highest BCUT2D eigenvalue weighted by atomic mass is 16.5. The third kappa shape index (κ3) is 4.43. The monoisotopic (exact) mass is 383 g/mol. The van der Waals surface area contributed by atoms with Gasteiger partial charge >= 0.3 is 5.97 Å². The molecule has 0 saturated heterocycles. The fourth-order valence-corrected chi connectivity index (χ4v) is 3.25. The van der Waals surface area contributed by atoms with Gasteiger partial charge in [-0.2, -0.15) is 0 Å². The van der Waals surface area contributed by atoms with E-state index >= 15 is 0 Å². The first-order chi connectivity index (χ1) is 14.2. The normalized spacial score (nSPS) is 10.7. The van der Waals surface area contributed by atoms with Crippen molar-refractivity contribution in [1.82, 2.24) is 5.16 Å². The van der Waals surface area contributed by atoms with Crippen molar-refractivity contribution in [2.45, 2.75) is 20.0 Å². The Labute approximate surface area is 169 Å². The van der Waals surface area contributed by atoms with Crippen molar-refractivity contribution < 1.29 is 14.1 Å². The molecule has 1 aromatic heterocycles. The lowest BCUT2D eigenvalue weighted by molar-refractivity contribution is -0.144. The van der Waals surface area contributed by atoms with Gasteiger partial charge in [0.2, 0.25) is 0 Å². The van der Waals surface area contributed by atoms with Gasteiger partial charge in [-0.3, -0.25) is 4.79 Å². The number of nitrogens with zero attached hydrogens (tertiary/aromatic N) is 1. The number of carbonyl (C=O) groups excluding carboxylic acids is 1. The highest BCUT2D eigenvalue weighted by Crippen LogP contribution is 2.34. The molecule has 0 fully saturated rings. The molecule has 3 aromatic carbocycles. The summed E-state index contributed by atoms with van der Waals surface area (Å²) in [4.78, 5) is 12.1. The number of aromatic nitrogens is 1. The number of carbonyl (C=O) groups is 1. The van der Waals surface area contributed by atoms with Crippen molar-refractivity contribution >= 4 is 5.97 Å². The average molecular weight is 383 g/mol. The molecular formula is C25H21NO3. The molecule has 0 atom stereocenters. The Morgan fingerprint density at radius 2 is 1.48 bits per heavy atom. The summed E-state index contributed by atoms with van der Waals surface area (Å²) in [5, 5.41) is 4.24. The van der Waals surface area contributed by atoms with Crippen LogP contribution in [0.1, 0.15) is 16.9 Å². The molecule has 0 N–H and O–H groups in total. The lowest BCUT2D eigenvalue weighted by Crippen LogP contribution is -2.07. The zero-order valence-electron chi connectivity index (χ0n) is 16.2. The maximum Gasteiger partial charge on any atom is 0.310 e. The number of aryl methyl sites for hydroxylation is 1. The number of benzene rings is 3. The van der Waals surface area contributed by atoms with Gasteiger partial charge in [-0.25, -0.2) is 0 Å². The molecule has 0 amide bonds. The van der Waals surface area contributed by atoms with Gasteiger partial charge in [-0.1, -0.05) is 90.1 Å². The van der Waals surface area contributed by atoms with E-state index in [1.54, 1.807) is 0 Å². The zero-order valence-corrected chi connectivity index (χ0v) is 16.2. The van der Waals surface area contributed by atoms with Crippen LogP contribution in [0.2, 0.25) is 0 Å². The Hall–Kier alpha value is -3.66. The van der Waals surface area contributed by atoms with E-state index in [2.05, 4.69) is 5.16 Å². The van der Waals surface area contributed by atoms with Crippen LogP contribution in [-0.2, 0) is 22.6 Å². The highest BCUT2D eigenvalue weighted by Gasteiger charge is 2.16. The molecule has 0 aliphatic carbocycles. The van der Waals surface area contributed by atoms with Gasteiger partial charge in [0.05, 0.1) is 12.0 Å². The fraction of sp³-hybridized carbons (Fsp3) is 0.120.